The maximum absolute atomic E-state index is 6.79. The molecule has 0 N–H and O–H groups in total. The van der Waals surface area contributed by atoms with Gasteiger partial charge in [-0.25, -0.2) is 0 Å². The van der Waals surface area contributed by atoms with Crippen LogP contribution in [0.3, 0.4) is 0 Å². The lowest BCUT2D eigenvalue weighted by molar-refractivity contribution is 1.32. The Morgan fingerprint density at radius 3 is 0.871 bits per heavy atom. The van der Waals surface area contributed by atoms with E-state index in [4.69, 9.17) is 34.8 Å². The highest BCUT2D eigenvalue weighted by Gasteiger charge is 2.33. The third kappa shape index (κ3) is 4.06. The van der Waals surface area contributed by atoms with Gasteiger partial charge >= 0.3 is 0 Å². The number of hydrogen-bond donors (Lipinski definition) is 0. The second-order valence-corrected chi connectivity index (χ2v) is 10.2. The summed E-state index contributed by atoms with van der Waals surface area (Å²) in [6, 6.07) is 6.58. The molecule has 0 nitrogen and oxygen atoms in total. The van der Waals surface area contributed by atoms with Gasteiger partial charge in [0.05, 0.1) is 0 Å². The largest absolute Gasteiger partial charge is 0.243 e. The number of halogens is 3. The number of hydrogen-bond acceptors (Lipinski definition) is 0. The molecule has 0 saturated heterocycles. The molecular weight excluding hydrogens is 441 g/mol. The molecule has 31 heavy (non-hydrogen) atoms. The van der Waals surface area contributed by atoms with Gasteiger partial charge in [0.2, 0.25) is 6.71 Å². The summed E-state index contributed by atoms with van der Waals surface area (Å²) in [6.45, 7) is 19.1. The van der Waals surface area contributed by atoms with E-state index in [1.807, 2.05) is 0 Å². The van der Waals surface area contributed by atoms with Gasteiger partial charge < -0.3 is 0 Å². The van der Waals surface area contributed by atoms with Crippen LogP contribution in [0.2, 0.25) is 15.1 Å². The average Bonchev–Trinajstić information content (AvgIpc) is 2.68. The van der Waals surface area contributed by atoms with Gasteiger partial charge in [-0.2, -0.15) is 0 Å². The summed E-state index contributed by atoms with van der Waals surface area (Å²) in [5.74, 6) is 0. The molecule has 3 rings (SSSR count). The van der Waals surface area contributed by atoms with Gasteiger partial charge in [-0.05, 0) is 95.7 Å². The van der Waals surface area contributed by atoms with Gasteiger partial charge in [0.25, 0.3) is 0 Å². The summed E-state index contributed by atoms with van der Waals surface area (Å²) in [5.41, 5.74) is 14.1. The van der Waals surface area contributed by atoms with Gasteiger partial charge in [-0.3, -0.25) is 0 Å². The minimum atomic E-state index is -0.00528. The highest BCUT2D eigenvalue weighted by molar-refractivity contribution is 6.97. The van der Waals surface area contributed by atoms with Crippen LogP contribution >= 0.6 is 34.8 Å². The Hall–Kier alpha value is -1.41. The van der Waals surface area contributed by atoms with E-state index >= 15 is 0 Å². The SMILES string of the molecule is Cc1cc(C)c(B(c2c(C)cc(C)c(Cl)c2C)c2c(C)cc(C)c(Cl)c2C)c(C)c1Cl. The van der Waals surface area contributed by atoms with Gasteiger partial charge in [-0.1, -0.05) is 86.1 Å². The van der Waals surface area contributed by atoms with Crippen LogP contribution in [0.15, 0.2) is 18.2 Å². The Balaban J connectivity index is 2.56. The van der Waals surface area contributed by atoms with Gasteiger partial charge in [0.1, 0.15) is 0 Å². The minimum absolute atomic E-state index is 0.00528. The second kappa shape index (κ2) is 8.85. The Morgan fingerprint density at radius 2 is 0.645 bits per heavy atom. The smallest absolute Gasteiger partial charge is 0.0838 e. The van der Waals surface area contributed by atoms with Crippen LogP contribution in [-0.4, -0.2) is 6.71 Å². The first-order valence-corrected chi connectivity index (χ1v) is 11.8. The van der Waals surface area contributed by atoms with Crippen LogP contribution < -0.4 is 16.4 Å². The molecule has 0 heterocycles. The highest BCUT2D eigenvalue weighted by Crippen LogP contribution is 2.27. The summed E-state index contributed by atoms with van der Waals surface area (Å²) >= 11 is 20.4. The van der Waals surface area contributed by atoms with Crippen molar-refractivity contribution in [3.8, 4) is 0 Å². The van der Waals surface area contributed by atoms with Gasteiger partial charge in [0, 0.05) is 15.1 Å². The first-order valence-electron chi connectivity index (χ1n) is 10.7. The van der Waals surface area contributed by atoms with Crippen LogP contribution in [0, 0.1) is 62.3 Å². The van der Waals surface area contributed by atoms with E-state index in [2.05, 4.69) is 80.5 Å². The molecule has 0 aliphatic heterocycles. The standard InChI is InChI=1S/C27H30BCl3/c1-13-10-16(4)25(29)19(7)22(13)28(23-14(2)11-17(5)26(30)20(23)8)24-15(3)12-18(6)27(31)21(24)9/h10-12H,1-9H3. The molecule has 0 unspecified atom stereocenters. The fourth-order valence-electron chi connectivity index (χ4n) is 5.29. The van der Waals surface area contributed by atoms with Gasteiger partial charge in [0.15, 0.2) is 0 Å². The minimum Gasteiger partial charge on any atom is -0.0838 e. The zero-order valence-electron chi connectivity index (χ0n) is 19.9. The highest BCUT2D eigenvalue weighted by atomic mass is 35.5. The van der Waals surface area contributed by atoms with Crippen molar-refractivity contribution in [3.63, 3.8) is 0 Å². The first-order chi connectivity index (χ1) is 14.4. The lowest BCUT2D eigenvalue weighted by atomic mass is 9.33. The molecule has 3 aromatic rings. The second-order valence-electron chi connectivity index (χ2n) is 9.02. The Bertz CT molecular complexity index is 1060. The maximum Gasteiger partial charge on any atom is 0.243 e. The molecule has 0 fully saturated rings. The molecule has 0 radical (unpaired) electrons. The molecule has 0 aliphatic rings. The maximum atomic E-state index is 6.79. The van der Waals surface area contributed by atoms with Crippen molar-refractivity contribution in [3.05, 3.63) is 83.3 Å². The summed E-state index contributed by atoms with van der Waals surface area (Å²) in [6.07, 6.45) is 0. The average molecular weight is 472 g/mol. The zero-order valence-corrected chi connectivity index (χ0v) is 22.2. The van der Waals surface area contributed by atoms with Crippen molar-refractivity contribution in [1.29, 1.82) is 0 Å². The molecule has 0 amide bonds. The van der Waals surface area contributed by atoms with Gasteiger partial charge in [-0.15, -0.1) is 0 Å². The van der Waals surface area contributed by atoms with E-state index in [-0.39, 0.29) is 6.71 Å². The molecule has 0 aliphatic carbocycles. The van der Waals surface area contributed by atoms with Crippen molar-refractivity contribution in [2.45, 2.75) is 62.3 Å². The predicted molar refractivity (Wildman–Crippen MR) is 142 cm³/mol. The third-order valence-electron chi connectivity index (χ3n) is 6.68. The molecule has 0 saturated carbocycles. The summed E-state index contributed by atoms with van der Waals surface area (Å²) in [4.78, 5) is 0. The van der Waals surface area contributed by atoms with Crippen LogP contribution in [0.25, 0.3) is 0 Å². The molecule has 0 bridgehead atoms. The van der Waals surface area contributed by atoms with Crippen molar-refractivity contribution in [2.24, 2.45) is 0 Å². The van der Waals surface area contributed by atoms with E-state index in [0.29, 0.717) is 0 Å². The molecule has 162 valence electrons. The fourth-order valence-corrected chi connectivity index (χ4v) is 5.76. The van der Waals surface area contributed by atoms with E-state index in [1.54, 1.807) is 0 Å². The van der Waals surface area contributed by atoms with E-state index in [1.165, 1.54) is 33.1 Å². The van der Waals surface area contributed by atoms with Crippen LogP contribution in [0.4, 0.5) is 0 Å². The third-order valence-corrected chi connectivity index (χ3v) is 8.42. The van der Waals surface area contributed by atoms with Crippen molar-refractivity contribution in [1.82, 2.24) is 0 Å². The van der Waals surface area contributed by atoms with E-state index in [9.17, 15) is 0 Å². The Morgan fingerprint density at radius 1 is 0.419 bits per heavy atom. The summed E-state index contributed by atoms with van der Waals surface area (Å²) in [7, 11) is 0. The molecule has 0 aromatic heterocycles. The zero-order chi connectivity index (χ0) is 23.4. The van der Waals surface area contributed by atoms with Crippen LogP contribution in [0.1, 0.15) is 50.1 Å². The van der Waals surface area contributed by atoms with Crippen LogP contribution in [-0.2, 0) is 0 Å². The Labute approximate surface area is 203 Å². The lowest BCUT2D eigenvalue weighted by Gasteiger charge is -2.28. The normalized spacial score (nSPS) is 11.2. The molecular formula is C27H30BCl3. The lowest BCUT2D eigenvalue weighted by Crippen LogP contribution is -2.57. The predicted octanol–water partition coefficient (Wildman–Crippen LogP) is 6.94. The number of aryl methyl sites for hydroxylation is 6. The first kappa shape index (κ1) is 24.2. The van der Waals surface area contributed by atoms with Crippen molar-refractivity contribution in [2.75, 3.05) is 0 Å². The number of rotatable bonds is 3. The van der Waals surface area contributed by atoms with Crippen molar-refractivity contribution < 1.29 is 0 Å². The summed E-state index contributed by atoms with van der Waals surface area (Å²) in [5, 5.41) is 2.48. The van der Waals surface area contributed by atoms with E-state index in [0.717, 1.165) is 48.4 Å². The topological polar surface area (TPSA) is 0 Å². The van der Waals surface area contributed by atoms with E-state index < -0.39 is 0 Å². The fraction of sp³-hybridized carbons (Fsp3) is 0.333. The van der Waals surface area contributed by atoms with Crippen molar-refractivity contribution >= 4 is 57.9 Å². The molecule has 0 spiro atoms. The summed E-state index contributed by atoms with van der Waals surface area (Å²) < 4.78 is 0. The number of benzene rings is 3. The quantitative estimate of drug-likeness (QED) is 0.363. The monoisotopic (exact) mass is 470 g/mol. The molecule has 4 heteroatoms. The molecule has 3 aromatic carbocycles. The van der Waals surface area contributed by atoms with Crippen LogP contribution in [0.5, 0.6) is 0 Å². The molecule has 0 atom stereocenters. The Kier molecular flexibility index (Phi) is 6.92.